The van der Waals surface area contributed by atoms with Gasteiger partial charge in [-0.05, 0) is 86.7 Å². The SMILES string of the molecule is CCOc1cc(C2C3=CCC4C(=O)N(c5ccc(N6CCOCC6)cc5)C(=O)C4C3CC3C(=O)N(c4ccccc4)C(=O)C32C)ccc1O. The molecule has 6 atom stereocenters. The molecule has 10 nitrogen and oxygen atoms in total. The first-order valence-corrected chi connectivity index (χ1v) is 17.1. The molecule has 0 bridgehead atoms. The molecule has 0 radical (unpaired) electrons. The highest BCUT2D eigenvalue weighted by Gasteiger charge is 2.67. The molecule has 3 saturated heterocycles. The summed E-state index contributed by atoms with van der Waals surface area (Å²) in [5.41, 5.74) is 2.46. The van der Waals surface area contributed by atoms with Crippen LogP contribution in [0.3, 0.4) is 0 Å². The van der Waals surface area contributed by atoms with E-state index in [2.05, 4.69) is 4.90 Å². The van der Waals surface area contributed by atoms with Crippen LogP contribution in [-0.4, -0.2) is 61.6 Å². The van der Waals surface area contributed by atoms with Crippen LogP contribution in [0.2, 0.25) is 0 Å². The lowest BCUT2D eigenvalue weighted by molar-refractivity contribution is -0.131. The summed E-state index contributed by atoms with van der Waals surface area (Å²) in [6.45, 7) is 6.87. The smallest absolute Gasteiger partial charge is 0.241 e. The van der Waals surface area contributed by atoms with Gasteiger partial charge in [0, 0.05) is 24.7 Å². The molecule has 49 heavy (non-hydrogen) atoms. The third-order valence-corrected chi connectivity index (χ3v) is 11.4. The van der Waals surface area contributed by atoms with Crippen LogP contribution in [0.1, 0.15) is 38.2 Å². The van der Waals surface area contributed by atoms with E-state index in [4.69, 9.17) is 9.47 Å². The van der Waals surface area contributed by atoms with Gasteiger partial charge in [-0.1, -0.05) is 35.9 Å². The summed E-state index contributed by atoms with van der Waals surface area (Å²) in [6, 6.07) is 21.5. The number of rotatable bonds is 6. The molecule has 0 spiro atoms. The standard InChI is InChI=1S/C39H39N3O7/c1-3-49-32-21-23(9-16-31(32)43)34-27-14-15-28-33(29(27)22-30-36(45)42(38(47)39(30,34)2)25-7-5-4-6-8-25)37(46)41(35(28)44)26-12-10-24(11-13-26)40-17-19-48-20-18-40/h4-14,16,21,28-30,33-34,43H,3,15,17-20,22H2,1-2H3. The number of nitrogens with zero attached hydrogens (tertiary/aromatic N) is 3. The maximum atomic E-state index is 14.6. The second kappa shape index (κ2) is 11.9. The van der Waals surface area contributed by atoms with Gasteiger partial charge in [0.25, 0.3) is 0 Å². The Kier molecular flexibility index (Phi) is 7.59. The number of hydrogen-bond donors (Lipinski definition) is 1. The van der Waals surface area contributed by atoms with Crippen molar-refractivity contribution < 1.29 is 33.8 Å². The Balaban J connectivity index is 1.19. The highest BCUT2D eigenvalue weighted by Crippen LogP contribution is 2.64. The lowest BCUT2D eigenvalue weighted by Gasteiger charge is -2.49. The molecular weight excluding hydrogens is 622 g/mol. The van der Waals surface area contributed by atoms with E-state index >= 15 is 0 Å². The fourth-order valence-corrected chi connectivity index (χ4v) is 9.09. The summed E-state index contributed by atoms with van der Waals surface area (Å²) < 4.78 is 11.2. The predicted molar refractivity (Wildman–Crippen MR) is 182 cm³/mol. The van der Waals surface area contributed by atoms with Crippen molar-refractivity contribution in [2.75, 3.05) is 47.6 Å². The molecule has 2 aliphatic carbocycles. The number of carbonyl (C=O) groups is 4. The van der Waals surface area contributed by atoms with Crippen LogP contribution < -0.4 is 19.4 Å². The van der Waals surface area contributed by atoms with Crippen molar-refractivity contribution in [2.24, 2.45) is 29.1 Å². The molecule has 1 saturated carbocycles. The first-order chi connectivity index (χ1) is 23.7. The van der Waals surface area contributed by atoms with Gasteiger partial charge in [0.05, 0.1) is 54.4 Å². The molecule has 1 N–H and O–H groups in total. The van der Waals surface area contributed by atoms with E-state index < -0.39 is 35.0 Å². The van der Waals surface area contributed by atoms with Crippen LogP contribution in [0, 0.1) is 29.1 Å². The van der Waals surface area contributed by atoms with Crippen LogP contribution in [0.25, 0.3) is 0 Å². The summed E-state index contributed by atoms with van der Waals surface area (Å²) in [5, 5.41) is 10.6. The van der Waals surface area contributed by atoms with Gasteiger partial charge in [0.2, 0.25) is 23.6 Å². The minimum Gasteiger partial charge on any atom is -0.504 e. The van der Waals surface area contributed by atoms with Gasteiger partial charge in [0.1, 0.15) is 0 Å². The monoisotopic (exact) mass is 661 g/mol. The predicted octanol–water partition coefficient (Wildman–Crippen LogP) is 5.06. The normalized spacial score (nSPS) is 29.5. The molecule has 3 aromatic carbocycles. The highest BCUT2D eigenvalue weighted by atomic mass is 16.5. The number of phenols is 1. The zero-order chi connectivity index (χ0) is 34.0. The van der Waals surface area contributed by atoms with Crippen LogP contribution in [0.15, 0.2) is 84.4 Å². The highest BCUT2D eigenvalue weighted by molar-refractivity contribution is 6.25. The number of phenolic OH excluding ortho intramolecular Hbond substituents is 1. The Labute approximate surface area is 284 Å². The third-order valence-electron chi connectivity index (χ3n) is 11.4. The summed E-state index contributed by atoms with van der Waals surface area (Å²) in [5.74, 6) is -3.86. The molecule has 0 aromatic heterocycles. The topological polar surface area (TPSA) is 117 Å². The second-order valence-corrected chi connectivity index (χ2v) is 13.8. The van der Waals surface area contributed by atoms with E-state index in [1.54, 1.807) is 42.5 Å². The molecule has 5 aliphatic rings. The Bertz CT molecular complexity index is 1870. The molecular formula is C39H39N3O7. The molecule has 4 amide bonds. The lowest BCUT2D eigenvalue weighted by atomic mass is 9.51. The minimum atomic E-state index is -1.18. The number of morpholine rings is 1. The van der Waals surface area contributed by atoms with Crippen molar-refractivity contribution in [1.29, 1.82) is 0 Å². The Hall–Kier alpha value is -4.96. The lowest BCUT2D eigenvalue weighted by Crippen LogP contribution is -2.48. The van der Waals surface area contributed by atoms with Gasteiger partial charge in [-0.25, -0.2) is 4.90 Å². The summed E-state index contributed by atoms with van der Waals surface area (Å²) in [4.78, 5) is 62.3. The van der Waals surface area contributed by atoms with Gasteiger partial charge >= 0.3 is 0 Å². The average Bonchev–Trinajstić information content (AvgIpc) is 3.49. The van der Waals surface area contributed by atoms with Crippen LogP contribution >= 0.6 is 0 Å². The number of carbonyl (C=O) groups excluding carboxylic acids is 4. The Morgan fingerprint density at radius 1 is 0.837 bits per heavy atom. The molecule has 4 fully saturated rings. The summed E-state index contributed by atoms with van der Waals surface area (Å²) in [6.07, 6.45) is 2.65. The minimum absolute atomic E-state index is 0.0241. The van der Waals surface area contributed by atoms with Crippen molar-refractivity contribution >= 4 is 40.7 Å². The van der Waals surface area contributed by atoms with Gasteiger partial charge < -0.3 is 19.5 Å². The fraction of sp³-hybridized carbons (Fsp3) is 0.385. The van der Waals surface area contributed by atoms with E-state index in [0.29, 0.717) is 43.2 Å². The quantitative estimate of drug-likeness (QED) is 0.288. The number of amides is 4. The fourth-order valence-electron chi connectivity index (χ4n) is 9.09. The van der Waals surface area contributed by atoms with Gasteiger partial charge in [0.15, 0.2) is 11.5 Å². The van der Waals surface area contributed by atoms with E-state index in [1.807, 2.05) is 50.3 Å². The second-order valence-electron chi connectivity index (χ2n) is 13.8. The number of anilines is 3. The largest absolute Gasteiger partial charge is 0.504 e. The van der Waals surface area contributed by atoms with Gasteiger partial charge in [-0.2, -0.15) is 0 Å². The number of aromatic hydroxyl groups is 1. The zero-order valence-electron chi connectivity index (χ0n) is 27.6. The number of fused-ring (bicyclic) bond motifs is 4. The number of para-hydroxylation sites is 1. The maximum Gasteiger partial charge on any atom is 0.241 e. The number of ether oxygens (including phenoxy) is 2. The van der Waals surface area contributed by atoms with E-state index in [1.165, 1.54) is 9.80 Å². The first-order valence-electron chi connectivity index (χ1n) is 17.1. The molecule has 8 rings (SSSR count). The summed E-state index contributed by atoms with van der Waals surface area (Å²) in [7, 11) is 0. The third kappa shape index (κ3) is 4.71. The Morgan fingerprint density at radius 2 is 1.53 bits per heavy atom. The van der Waals surface area contributed by atoms with Gasteiger partial charge in [-0.3, -0.25) is 24.1 Å². The van der Waals surface area contributed by atoms with E-state index in [9.17, 15) is 24.3 Å². The van der Waals surface area contributed by atoms with Crippen molar-refractivity contribution in [2.45, 2.75) is 32.6 Å². The first kappa shape index (κ1) is 31.3. The van der Waals surface area contributed by atoms with E-state index in [-0.39, 0.29) is 41.5 Å². The molecule has 6 unspecified atom stereocenters. The number of imide groups is 2. The number of hydrogen-bond acceptors (Lipinski definition) is 8. The van der Waals surface area contributed by atoms with Crippen molar-refractivity contribution in [3.05, 3.63) is 90.0 Å². The maximum absolute atomic E-state index is 14.6. The van der Waals surface area contributed by atoms with E-state index in [0.717, 1.165) is 24.4 Å². The van der Waals surface area contributed by atoms with Crippen molar-refractivity contribution in [3.8, 4) is 11.5 Å². The molecule has 10 heteroatoms. The van der Waals surface area contributed by atoms with Gasteiger partial charge in [-0.15, -0.1) is 0 Å². The molecule has 3 heterocycles. The number of benzene rings is 3. The Morgan fingerprint density at radius 3 is 2.24 bits per heavy atom. The number of allylic oxidation sites excluding steroid dienone is 2. The zero-order valence-corrected chi connectivity index (χ0v) is 27.6. The summed E-state index contributed by atoms with van der Waals surface area (Å²) >= 11 is 0. The van der Waals surface area contributed by atoms with Crippen molar-refractivity contribution in [3.63, 3.8) is 0 Å². The molecule has 252 valence electrons. The average molecular weight is 662 g/mol. The van der Waals surface area contributed by atoms with Crippen molar-refractivity contribution in [1.82, 2.24) is 0 Å². The van der Waals surface area contributed by atoms with Crippen LogP contribution in [0.4, 0.5) is 17.1 Å². The molecule has 3 aromatic rings. The molecule has 3 aliphatic heterocycles. The van der Waals surface area contributed by atoms with Crippen LogP contribution in [0.5, 0.6) is 11.5 Å². The van der Waals surface area contributed by atoms with Crippen LogP contribution in [-0.2, 0) is 23.9 Å².